The first-order chi connectivity index (χ1) is 11.1. The summed E-state index contributed by atoms with van der Waals surface area (Å²) in [4.78, 5) is 23.3. The molecule has 0 radical (unpaired) electrons. The first-order valence-electron chi connectivity index (χ1n) is 7.59. The van der Waals surface area contributed by atoms with E-state index in [4.69, 9.17) is 0 Å². The van der Waals surface area contributed by atoms with E-state index < -0.39 is 4.92 Å². The molecule has 120 valence electrons. The average Bonchev–Trinajstić information content (AvgIpc) is 3.00. The number of aryl methyl sites for hydroxylation is 1. The third kappa shape index (κ3) is 3.53. The van der Waals surface area contributed by atoms with Crippen LogP contribution in [0.4, 0.5) is 23.1 Å². The van der Waals surface area contributed by atoms with Crippen molar-refractivity contribution in [1.29, 1.82) is 0 Å². The van der Waals surface area contributed by atoms with E-state index in [-0.39, 0.29) is 23.4 Å². The third-order valence-electron chi connectivity index (χ3n) is 3.86. The van der Waals surface area contributed by atoms with Gasteiger partial charge in [0.2, 0.25) is 11.6 Å². The summed E-state index contributed by atoms with van der Waals surface area (Å²) in [6.45, 7) is 1.92. The molecule has 1 aliphatic carbocycles. The third-order valence-corrected chi connectivity index (χ3v) is 3.86. The van der Waals surface area contributed by atoms with Crippen molar-refractivity contribution in [2.24, 2.45) is 0 Å². The van der Waals surface area contributed by atoms with Crippen LogP contribution in [0.2, 0.25) is 0 Å². The molecule has 23 heavy (non-hydrogen) atoms. The van der Waals surface area contributed by atoms with Crippen LogP contribution < -0.4 is 10.6 Å². The molecule has 1 saturated carbocycles. The fourth-order valence-electron chi connectivity index (χ4n) is 2.74. The van der Waals surface area contributed by atoms with Gasteiger partial charge in [-0.25, -0.2) is 15.0 Å². The van der Waals surface area contributed by atoms with Crippen molar-refractivity contribution in [3.63, 3.8) is 0 Å². The molecule has 0 aromatic carbocycles. The second kappa shape index (κ2) is 6.55. The number of rotatable bonds is 5. The van der Waals surface area contributed by atoms with E-state index >= 15 is 0 Å². The van der Waals surface area contributed by atoms with E-state index in [1.54, 1.807) is 12.3 Å². The fraction of sp³-hybridized carbons (Fsp3) is 0.400. The summed E-state index contributed by atoms with van der Waals surface area (Å²) in [5.41, 5.74) is 0.853. The summed E-state index contributed by atoms with van der Waals surface area (Å²) in [5, 5.41) is 17.6. The zero-order chi connectivity index (χ0) is 16.2. The molecular formula is C15H18N6O2. The number of nitro groups is 1. The molecule has 0 unspecified atom stereocenters. The van der Waals surface area contributed by atoms with E-state index in [0.29, 0.717) is 5.82 Å². The average molecular weight is 314 g/mol. The topological polar surface area (TPSA) is 106 Å². The highest BCUT2D eigenvalue weighted by Gasteiger charge is 2.26. The molecule has 0 bridgehead atoms. The molecule has 8 heteroatoms. The van der Waals surface area contributed by atoms with Crippen LogP contribution in [0.25, 0.3) is 0 Å². The van der Waals surface area contributed by atoms with Crippen LogP contribution >= 0.6 is 0 Å². The highest BCUT2D eigenvalue weighted by Crippen LogP contribution is 2.32. The summed E-state index contributed by atoms with van der Waals surface area (Å²) < 4.78 is 0. The molecule has 2 aromatic rings. The van der Waals surface area contributed by atoms with Crippen molar-refractivity contribution in [3.05, 3.63) is 40.3 Å². The van der Waals surface area contributed by atoms with Gasteiger partial charge in [0.25, 0.3) is 0 Å². The number of nitrogens with zero attached hydrogens (tertiary/aromatic N) is 4. The Balaban J connectivity index is 1.91. The lowest BCUT2D eigenvalue weighted by atomic mass is 10.2. The minimum absolute atomic E-state index is 0.142. The lowest BCUT2D eigenvalue weighted by Crippen LogP contribution is -2.17. The largest absolute Gasteiger partial charge is 0.361 e. The summed E-state index contributed by atoms with van der Waals surface area (Å²) in [7, 11) is 0. The SMILES string of the molecule is Cc1ccnc(Nc2ncnc(NC3CCCC3)c2[N+](=O)[O-])c1. The molecule has 2 N–H and O–H groups in total. The Kier molecular flexibility index (Phi) is 4.31. The van der Waals surface area contributed by atoms with Crippen LogP contribution in [0.1, 0.15) is 31.2 Å². The van der Waals surface area contributed by atoms with E-state index in [1.165, 1.54) is 6.33 Å². The summed E-state index contributed by atoms with van der Waals surface area (Å²) >= 11 is 0. The zero-order valence-corrected chi connectivity index (χ0v) is 12.8. The van der Waals surface area contributed by atoms with Crippen molar-refractivity contribution in [1.82, 2.24) is 15.0 Å². The zero-order valence-electron chi connectivity index (χ0n) is 12.8. The number of hydrogen-bond donors (Lipinski definition) is 2. The van der Waals surface area contributed by atoms with Crippen LogP contribution in [0.5, 0.6) is 0 Å². The molecule has 0 amide bonds. The number of hydrogen-bond acceptors (Lipinski definition) is 7. The van der Waals surface area contributed by atoms with Crippen molar-refractivity contribution in [3.8, 4) is 0 Å². The van der Waals surface area contributed by atoms with Gasteiger partial charge < -0.3 is 10.6 Å². The molecule has 0 aliphatic heterocycles. The molecule has 0 spiro atoms. The van der Waals surface area contributed by atoms with Gasteiger partial charge in [-0.15, -0.1) is 0 Å². The van der Waals surface area contributed by atoms with E-state index in [0.717, 1.165) is 31.2 Å². The fourth-order valence-corrected chi connectivity index (χ4v) is 2.74. The molecule has 0 atom stereocenters. The van der Waals surface area contributed by atoms with Crippen molar-refractivity contribution < 1.29 is 4.92 Å². The predicted molar refractivity (Wildman–Crippen MR) is 86.8 cm³/mol. The Labute approximate surface area is 133 Å². The Morgan fingerprint density at radius 2 is 1.96 bits per heavy atom. The molecule has 8 nitrogen and oxygen atoms in total. The van der Waals surface area contributed by atoms with Gasteiger partial charge in [-0.1, -0.05) is 12.8 Å². The Hall–Kier alpha value is -2.77. The van der Waals surface area contributed by atoms with Gasteiger partial charge in [-0.05, 0) is 37.5 Å². The molecule has 1 aliphatic rings. The van der Waals surface area contributed by atoms with Crippen molar-refractivity contribution >= 4 is 23.1 Å². The summed E-state index contributed by atoms with van der Waals surface area (Å²) in [6.07, 6.45) is 7.24. The van der Waals surface area contributed by atoms with Crippen LogP contribution in [0.15, 0.2) is 24.7 Å². The quantitative estimate of drug-likeness (QED) is 0.644. The van der Waals surface area contributed by atoms with Crippen LogP contribution in [0.3, 0.4) is 0 Å². The van der Waals surface area contributed by atoms with Gasteiger partial charge >= 0.3 is 5.69 Å². The predicted octanol–water partition coefficient (Wildman–Crippen LogP) is 3.19. The van der Waals surface area contributed by atoms with Gasteiger partial charge in [0, 0.05) is 12.2 Å². The Morgan fingerprint density at radius 1 is 1.22 bits per heavy atom. The minimum Gasteiger partial charge on any atom is -0.361 e. The standard InChI is InChI=1S/C15H18N6O2/c1-10-6-7-16-12(8-10)20-15-13(21(22)23)14(17-9-18-15)19-11-4-2-3-5-11/h6-9,11H,2-5H2,1H3,(H2,16,17,18,19,20). The van der Waals surface area contributed by atoms with Crippen molar-refractivity contribution in [2.75, 3.05) is 10.6 Å². The molecular weight excluding hydrogens is 296 g/mol. The summed E-state index contributed by atoms with van der Waals surface area (Å²) in [5.74, 6) is 0.911. The monoisotopic (exact) mass is 314 g/mol. The Morgan fingerprint density at radius 3 is 2.65 bits per heavy atom. The van der Waals surface area contributed by atoms with Gasteiger partial charge in [-0.3, -0.25) is 10.1 Å². The molecule has 2 heterocycles. The molecule has 3 rings (SSSR count). The highest BCUT2D eigenvalue weighted by molar-refractivity contribution is 5.73. The van der Waals surface area contributed by atoms with Crippen LogP contribution in [-0.2, 0) is 0 Å². The van der Waals surface area contributed by atoms with Gasteiger partial charge in [0.05, 0.1) is 4.92 Å². The number of pyridine rings is 1. The molecule has 2 aromatic heterocycles. The maximum atomic E-state index is 11.5. The Bertz CT molecular complexity index is 715. The first kappa shape index (κ1) is 15.1. The van der Waals surface area contributed by atoms with E-state index in [1.807, 2.05) is 13.0 Å². The van der Waals surface area contributed by atoms with Gasteiger partial charge in [0.15, 0.2) is 0 Å². The smallest absolute Gasteiger partial charge is 0.353 e. The first-order valence-corrected chi connectivity index (χ1v) is 7.59. The number of anilines is 3. The second-order valence-electron chi connectivity index (χ2n) is 5.65. The number of aromatic nitrogens is 3. The van der Waals surface area contributed by atoms with Gasteiger partial charge in [-0.2, -0.15) is 0 Å². The number of nitrogens with one attached hydrogen (secondary N) is 2. The van der Waals surface area contributed by atoms with Crippen molar-refractivity contribution in [2.45, 2.75) is 38.6 Å². The normalized spacial score (nSPS) is 14.7. The molecule has 1 fully saturated rings. The maximum Gasteiger partial charge on any atom is 0.353 e. The minimum atomic E-state index is -0.463. The maximum absolute atomic E-state index is 11.5. The lowest BCUT2D eigenvalue weighted by molar-refractivity contribution is -0.383. The van der Waals surface area contributed by atoms with Crippen LogP contribution in [0, 0.1) is 17.0 Å². The second-order valence-corrected chi connectivity index (χ2v) is 5.65. The molecule has 0 saturated heterocycles. The van der Waals surface area contributed by atoms with Crippen LogP contribution in [-0.4, -0.2) is 25.9 Å². The lowest BCUT2D eigenvalue weighted by Gasteiger charge is -2.14. The summed E-state index contributed by atoms with van der Waals surface area (Å²) in [6, 6.07) is 3.89. The van der Waals surface area contributed by atoms with E-state index in [2.05, 4.69) is 25.6 Å². The van der Waals surface area contributed by atoms with Gasteiger partial charge in [0.1, 0.15) is 12.1 Å². The van der Waals surface area contributed by atoms with E-state index in [9.17, 15) is 10.1 Å². The highest BCUT2D eigenvalue weighted by atomic mass is 16.6.